The van der Waals surface area contributed by atoms with Gasteiger partial charge in [-0.25, -0.2) is 13.2 Å². The number of benzene rings is 1. The van der Waals surface area contributed by atoms with E-state index in [-0.39, 0.29) is 22.2 Å². The van der Waals surface area contributed by atoms with Crippen LogP contribution in [-0.4, -0.2) is 50.2 Å². The van der Waals surface area contributed by atoms with Crippen molar-refractivity contribution in [3.63, 3.8) is 0 Å². The molecule has 1 aliphatic heterocycles. The Kier molecular flexibility index (Phi) is 6.50. The van der Waals surface area contributed by atoms with E-state index in [1.165, 1.54) is 18.5 Å². The molecule has 4 rings (SSSR count). The Morgan fingerprint density at radius 3 is 2.59 bits per heavy atom. The topological polar surface area (TPSA) is 84.0 Å². The van der Waals surface area contributed by atoms with Crippen LogP contribution in [0, 0.1) is 0 Å². The van der Waals surface area contributed by atoms with Crippen molar-refractivity contribution >= 4 is 33.2 Å². The Hall–Kier alpha value is -2.49. The molecular formula is C23H26N2O5S2. The van der Waals surface area contributed by atoms with Gasteiger partial charge in [-0.2, -0.15) is 4.31 Å². The number of thiophene rings is 1. The van der Waals surface area contributed by atoms with Crippen molar-refractivity contribution in [2.75, 3.05) is 20.7 Å². The molecule has 1 amide bonds. The number of allylic oxidation sites excluding steroid dienone is 1. The van der Waals surface area contributed by atoms with Crippen molar-refractivity contribution in [1.29, 1.82) is 0 Å². The highest BCUT2D eigenvalue weighted by Crippen LogP contribution is 2.38. The first-order valence-corrected chi connectivity index (χ1v) is 12.8. The molecule has 0 unspecified atom stereocenters. The summed E-state index contributed by atoms with van der Waals surface area (Å²) < 4.78 is 33.1. The van der Waals surface area contributed by atoms with Gasteiger partial charge >= 0.3 is 5.97 Å². The molecule has 1 aromatic carbocycles. The molecule has 2 aliphatic rings. The zero-order valence-electron chi connectivity index (χ0n) is 18.2. The second-order valence-corrected chi connectivity index (χ2v) is 11.3. The lowest BCUT2D eigenvalue weighted by Crippen LogP contribution is -2.36. The van der Waals surface area contributed by atoms with Crippen LogP contribution in [0.4, 0.5) is 0 Å². The van der Waals surface area contributed by atoms with E-state index < -0.39 is 16.0 Å². The van der Waals surface area contributed by atoms with Gasteiger partial charge in [-0.1, -0.05) is 36.4 Å². The molecule has 9 heteroatoms. The van der Waals surface area contributed by atoms with Gasteiger partial charge in [-0.05, 0) is 36.8 Å². The van der Waals surface area contributed by atoms with Crippen LogP contribution >= 0.6 is 11.3 Å². The minimum Gasteiger partial charge on any atom is -0.465 e. The molecule has 0 atom stereocenters. The lowest BCUT2D eigenvalue weighted by atomic mass is 10.0. The maximum absolute atomic E-state index is 13.5. The summed E-state index contributed by atoms with van der Waals surface area (Å²) in [6.45, 7) is 0.937. The van der Waals surface area contributed by atoms with Crippen LogP contribution < -0.4 is 0 Å². The first-order chi connectivity index (χ1) is 15.3. The number of carbonyl (C=O) groups excluding carboxylic acids is 2. The van der Waals surface area contributed by atoms with Crippen LogP contribution in [0.5, 0.6) is 0 Å². The molecule has 2 heterocycles. The summed E-state index contributed by atoms with van der Waals surface area (Å²) in [5.41, 5.74) is 2.47. The van der Waals surface area contributed by atoms with E-state index in [2.05, 4.69) is 0 Å². The standard InChI is InChI=1S/C23H26N2O5S2/c1-24(14-16-8-4-3-5-9-16)32(28,29)23-20(22(27)30-2)18-12-13-25(15-19(18)31-23)21(26)17-10-6-7-11-17/h3-5,8-10H,6-7,11-15H2,1-2H3. The highest BCUT2D eigenvalue weighted by Gasteiger charge is 2.37. The van der Waals surface area contributed by atoms with Crippen molar-refractivity contribution in [3.8, 4) is 0 Å². The third-order valence-electron chi connectivity index (χ3n) is 5.91. The fourth-order valence-electron chi connectivity index (χ4n) is 4.18. The van der Waals surface area contributed by atoms with E-state index in [4.69, 9.17) is 4.74 Å². The number of methoxy groups -OCH3 is 1. The summed E-state index contributed by atoms with van der Waals surface area (Å²) in [5, 5.41) is 0. The first kappa shape index (κ1) is 22.7. The molecule has 2 aromatic rings. The SMILES string of the molecule is COC(=O)c1c(S(=O)(=O)N(C)Cc2ccccc2)sc2c1CCN(C(=O)C1=CCCC1)C2. The Balaban J connectivity index is 1.67. The minimum absolute atomic E-state index is 0.00627. The van der Waals surface area contributed by atoms with Gasteiger partial charge in [0.05, 0.1) is 19.2 Å². The Bertz CT molecular complexity index is 1170. The van der Waals surface area contributed by atoms with Gasteiger partial charge in [0.25, 0.3) is 10.0 Å². The molecule has 0 spiro atoms. The fraction of sp³-hybridized carbons (Fsp3) is 0.391. The predicted octanol–water partition coefficient (Wildman–Crippen LogP) is 3.35. The average molecular weight is 475 g/mol. The van der Waals surface area contributed by atoms with Gasteiger partial charge in [0.1, 0.15) is 4.21 Å². The number of nitrogens with zero attached hydrogens (tertiary/aromatic N) is 2. The smallest absolute Gasteiger partial charge is 0.340 e. The van der Waals surface area contributed by atoms with Crippen molar-refractivity contribution < 1.29 is 22.7 Å². The van der Waals surface area contributed by atoms with Gasteiger partial charge in [-0.3, -0.25) is 4.79 Å². The monoisotopic (exact) mass is 474 g/mol. The number of hydrogen-bond donors (Lipinski definition) is 0. The normalized spacial score (nSPS) is 16.1. The van der Waals surface area contributed by atoms with Crippen LogP contribution in [0.25, 0.3) is 0 Å². The summed E-state index contributed by atoms with van der Waals surface area (Å²) in [4.78, 5) is 28.0. The van der Waals surface area contributed by atoms with Gasteiger partial charge in [0, 0.05) is 30.6 Å². The summed E-state index contributed by atoms with van der Waals surface area (Å²) in [6, 6.07) is 9.28. The third kappa shape index (κ3) is 4.24. The molecule has 0 N–H and O–H groups in total. The number of esters is 1. The van der Waals surface area contributed by atoms with Crippen LogP contribution in [0.2, 0.25) is 0 Å². The molecule has 0 radical (unpaired) electrons. The van der Waals surface area contributed by atoms with Crippen molar-refractivity contribution in [2.24, 2.45) is 0 Å². The van der Waals surface area contributed by atoms with Gasteiger partial charge in [-0.15, -0.1) is 11.3 Å². The van der Waals surface area contributed by atoms with Crippen LogP contribution in [0.3, 0.4) is 0 Å². The van der Waals surface area contributed by atoms with Crippen molar-refractivity contribution in [3.05, 3.63) is 63.5 Å². The van der Waals surface area contributed by atoms with Crippen LogP contribution in [0.15, 0.2) is 46.2 Å². The lowest BCUT2D eigenvalue weighted by molar-refractivity contribution is -0.128. The highest BCUT2D eigenvalue weighted by atomic mass is 32.2. The largest absolute Gasteiger partial charge is 0.465 e. The predicted molar refractivity (Wildman–Crippen MR) is 122 cm³/mol. The molecule has 0 saturated heterocycles. The number of fused-ring (bicyclic) bond motifs is 1. The second kappa shape index (κ2) is 9.17. The van der Waals surface area contributed by atoms with E-state index in [0.717, 1.165) is 46.6 Å². The number of carbonyl (C=O) groups is 2. The Morgan fingerprint density at radius 1 is 1.19 bits per heavy atom. The van der Waals surface area contributed by atoms with Gasteiger partial charge in [0.2, 0.25) is 5.91 Å². The van der Waals surface area contributed by atoms with E-state index >= 15 is 0 Å². The van der Waals surface area contributed by atoms with Crippen molar-refractivity contribution in [1.82, 2.24) is 9.21 Å². The van der Waals surface area contributed by atoms with Crippen LogP contribution in [0.1, 0.15) is 45.6 Å². The van der Waals surface area contributed by atoms with Gasteiger partial charge in [0.15, 0.2) is 0 Å². The van der Waals surface area contributed by atoms with E-state index in [9.17, 15) is 18.0 Å². The molecule has 1 aromatic heterocycles. The lowest BCUT2D eigenvalue weighted by Gasteiger charge is -2.27. The number of sulfonamides is 1. The molecular weight excluding hydrogens is 448 g/mol. The highest BCUT2D eigenvalue weighted by molar-refractivity contribution is 7.91. The molecule has 0 fully saturated rings. The summed E-state index contributed by atoms with van der Waals surface area (Å²) in [5.74, 6) is -0.653. The number of amides is 1. The Morgan fingerprint density at radius 2 is 1.94 bits per heavy atom. The molecule has 0 saturated carbocycles. The molecule has 32 heavy (non-hydrogen) atoms. The average Bonchev–Trinajstić information content (AvgIpc) is 3.46. The zero-order valence-corrected chi connectivity index (χ0v) is 19.8. The first-order valence-electron chi connectivity index (χ1n) is 10.5. The third-order valence-corrected chi connectivity index (χ3v) is 9.43. The Labute approximate surface area is 192 Å². The zero-order chi connectivity index (χ0) is 22.9. The molecule has 170 valence electrons. The maximum atomic E-state index is 13.5. The molecule has 7 nitrogen and oxygen atoms in total. The van der Waals surface area contributed by atoms with E-state index in [1.807, 2.05) is 36.4 Å². The summed E-state index contributed by atoms with van der Waals surface area (Å²) in [6.07, 6.45) is 5.10. The quantitative estimate of drug-likeness (QED) is 0.600. The maximum Gasteiger partial charge on any atom is 0.340 e. The number of hydrogen-bond acceptors (Lipinski definition) is 6. The summed E-state index contributed by atoms with van der Waals surface area (Å²) >= 11 is 1.07. The van der Waals surface area contributed by atoms with E-state index in [1.54, 1.807) is 4.90 Å². The van der Waals surface area contributed by atoms with E-state index in [0.29, 0.717) is 25.1 Å². The van der Waals surface area contributed by atoms with Crippen molar-refractivity contribution in [2.45, 2.75) is 43.0 Å². The minimum atomic E-state index is -3.93. The number of rotatable bonds is 6. The van der Waals surface area contributed by atoms with Gasteiger partial charge < -0.3 is 9.64 Å². The number of ether oxygens (including phenoxy) is 1. The summed E-state index contributed by atoms with van der Waals surface area (Å²) in [7, 11) is -1.18. The molecule has 1 aliphatic carbocycles. The second-order valence-electron chi connectivity index (χ2n) is 8.00. The fourth-order valence-corrected chi connectivity index (χ4v) is 7.43. The molecule has 0 bridgehead atoms. The van der Waals surface area contributed by atoms with Crippen LogP contribution in [-0.2, 0) is 39.1 Å².